The molecule has 2 aromatic carbocycles. The lowest BCUT2D eigenvalue weighted by Gasteiger charge is -2.36. The Bertz CT molecular complexity index is 971. The lowest BCUT2D eigenvalue weighted by molar-refractivity contribution is -0.115. The van der Waals surface area contributed by atoms with E-state index >= 15 is 0 Å². The molecule has 0 saturated carbocycles. The Balaban J connectivity index is 1.46. The van der Waals surface area contributed by atoms with E-state index in [-0.39, 0.29) is 10.8 Å². The number of hydrogen-bond acceptors (Lipinski definition) is 6. The topological polar surface area (TPSA) is 91.0 Å². The van der Waals surface area contributed by atoms with Crippen LogP contribution in [0.2, 0.25) is 0 Å². The number of piperazine rings is 1. The lowest BCUT2D eigenvalue weighted by atomic mass is 10.2. The number of nitrogens with one attached hydrogen (secondary N) is 2. The van der Waals surface area contributed by atoms with Crippen LogP contribution in [-0.2, 0) is 14.8 Å². The first-order valence-electron chi connectivity index (χ1n) is 10.4. The summed E-state index contributed by atoms with van der Waals surface area (Å²) in [5.41, 5.74) is 1.67. The van der Waals surface area contributed by atoms with Crippen LogP contribution in [0.4, 0.5) is 11.4 Å². The van der Waals surface area contributed by atoms with Crippen molar-refractivity contribution in [3.05, 3.63) is 48.5 Å². The molecule has 1 heterocycles. The van der Waals surface area contributed by atoms with Crippen LogP contribution in [0.3, 0.4) is 0 Å². The van der Waals surface area contributed by atoms with Gasteiger partial charge in [0.25, 0.3) is 0 Å². The monoisotopic (exact) mass is 446 g/mol. The predicted octanol–water partition coefficient (Wildman–Crippen LogP) is 2.14. The molecular formula is C22H30N4O4S. The van der Waals surface area contributed by atoms with Gasteiger partial charge < -0.3 is 15.0 Å². The van der Waals surface area contributed by atoms with Crippen molar-refractivity contribution < 1.29 is 17.9 Å². The second-order valence-corrected chi connectivity index (χ2v) is 9.09. The van der Waals surface area contributed by atoms with Crippen LogP contribution in [0.25, 0.3) is 0 Å². The SMILES string of the molecule is CCC(=O)Nc1ccc(S(=O)(=O)NCCN2CCN(c3ccccc3OC)CC2)cc1. The molecule has 0 radical (unpaired) electrons. The first kappa shape index (κ1) is 23.1. The fraction of sp³-hybridized carbons (Fsp3) is 0.409. The number of rotatable bonds is 9. The van der Waals surface area contributed by atoms with Crippen LogP contribution in [0.15, 0.2) is 53.4 Å². The number of nitrogens with zero attached hydrogens (tertiary/aromatic N) is 2. The van der Waals surface area contributed by atoms with Crippen LogP contribution in [0.1, 0.15) is 13.3 Å². The summed E-state index contributed by atoms with van der Waals surface area (Å²) in [7, 11) is -1.91. The summed E-state index contributed by atoms with van der Waals surface area (Å²) in [6.07, 6.45) is 0.370. The predicted molar refractivity (Wildman–Crippen MR) is 122 cm³/mol. The Morgan fingerprint density at radius 2 is 1.71 bits per heavy atom. The summed E-state index contributed by atoms with van der Waals surface area (Å²) < 4.78 is 33.2. The molecule has 2 N–H and O–H groups in total. The largest absolute Gasteiger partial charge is 0.495 e. The third kappa shape index (κ3) is 6.19. The normalized spacial score (nSPS) is 15.0. The van der Waals surface area contributed by atoms with Crippen LogP contribution in [0, 0.1) is 0 Å². The van der Waals surface area contributed by atoms with Gasteiger partial charge in [-0.05, 0) is 36.4 Å². The molecule has 31 heavy (non-hydrogen) atoms. The highest BCUT2D eigenvalue weighted by molar-refractivity contribution is 7.89. The fourth-order valence-electron chi connectivity index (χ4n) is 3.49. The zero-order chi connectivity index (χ0) is 22.3. The summed E-state index contributed by atoms with van der Waals surface area (Å²) in [4.78, 5) is 16.2. The van der Waals surface area contributed by atoms with E-state index in [1.54, 1.807) is 26.2 Å². The molecule has 1 amide bonds. The summed E-state index contributed by atoms with van der Waals surface area (Å²) in [6.45, 7) is 6.17. The lowest BCUT2D eigenvalue weighted by Crippen LogP contribution is -2.48. The number of carbonyl (C=O) groups excluding carboxylic acids is 1. The molecule has 3 rings (SSSR count). The van der Waals surface area contributed by atoms with Crippen molar-refractivity contribution in [1.82, 2.24) is 9.62 Å². The number of anilines is 2. The molecule has 0 aliphatic carbocycles. The Kier molecular flexibility index (Phi) is 7.89. The molecule has 2 aromatic rings. The van der Waals surface area contributed by atoms with Gasteiger partial charge in [-0.15, -0.1) is 0 Å². The molecule has 8 nitrogen and oxygen atoms in total. The molecule has 0 unspecified atom stereocenters. The smallest absolute Gasteiger partial charge is 0.240 e. The van der Waals surface area contributed by atoms with Gasteiger partial charge in [0.05, 0.1) is 17.7 Å². The van der Waals surface area contributed by atoms with Crippen molar-refractivity contribution >= 4 is 27.3 Å². The molecule has 0 bridgehead atoms. The number of methoxy groups -OCH3 is 1. The fourth-order valence-corrected chi connectivity index (χ4v) is 4.51. The van der Waals surface area contributed by atoms with E-state index in [1.807, 2.05) is 18.2 Å². The molecule has 0 aromatic heterocycles. The van der Waals surface area contributed by atoms with Crippen LogP contribution in [-0.4, -0.2) is 65.6 Å². The molecule has 1 aliphatic heterocycles. The first-order chi connectivity index (χ1) is 14.9. The minimum Gasteiger partial charge on any atom is -0.495 e. The molecule has 0 spiro atoms. The van der Waals surface area contributed by atoms with Crippen LogP contribution >= 0.6 is 0 Å². The van der Waals surface area contributed by atoms with Gasteiger partial charge in [-0.3, -0.25) is 9.69 Å². The van der Waals surface area contributed by atoms with Crippen molar-refractivity contribution in [3.63, 3.8) is 0 Å². The third-order valence-corrected chi connectivity index (χ3v) is 6.76. The summed E-state index contributed by atoms with van der Waals surface area (Å²) >= 11 is 0. The van der Waals surface area contributed by atoms with Crippen molar-refractivity contribution in [2.24, 2.45) is 0 Å². The second-order valence-electron chi connectivity index (χ2n) is 7.32. The van der Waals surface area contributed by atoms with Gasteiger partial charge in [0.2, 0.25) is 15.9 Å². The maximum absolute atomic E-state index is 12.5. The standard InChI is InChI=1S/C22H30N4O4S/c1-3-22(27)24-18-8-10-19(11-9-18)31(28,29)23-12-13-25-14-16-26(17-15-25)20-6-4-5-7-21(20)30-2/h4-11,23H,3,12-17H2,1-2H3,(H,24,27). The van der Waals surface area contributed by atoms with Gasteiger partial charge in [0, 0.05) is 51.4 Å². The molecule has 1 aliphatic rings. The van der Waals surface area contributed by atoms with Crippen molar-refractivity contribution in [3.8, 4) is 5.75 Å². The number of hydrogen-bond donors (Lipinski definition) is 2. The Morgan fingerprint density at radius 1 is 1.03 bits per heavy atom. The maximum atomic E-state index is 12.5. The number of para-hydroxylation sites is 2. The van der Waals surface area contributed by atoms with Crippen molar-refractivity contribution in [1.29, 1.82) is 0 Å². The first-order valence-corrected chi connectivity index (χ1v) is 11.9. The van der Waals surface area contributed by atoms with E-state index < -0.39 is 10.0 Å². The quantitative estimate of drug-likeness (QED) is 0.613. The Labute approximate surface area is 184 Å². The number of carbonyl (C=O) groups is 1. The van der Waals surface area contributed by atoms with Gasteiger partial charge >= 0.3 is 0 Å². The van der Waals surface area contributed by atoms with E-state index in [9.17, 15) is 13.2 Å². The highest BCUT2D eigenvalue weighted by Crippen LogP contribution is 2.28. The molecule has 168 valence electrons. The number of ether oxygens (including phenoxy) is 1. The minimum atomic E-state index is -3.59. The van der Waals surface area contributed by atoms with Crippen LogP contribution in [0.5, 0.6) is 5.75 Å². The summed E-state index contributed by atoms with van der Waals surface area (Å²) in [5, 5.41) is 2.71. The zero-order valence-corrected chi connectivity index (χ0v) is 18.8. The van der Waals surface area contributed by atoms with Crippen molar-refractivity contribution in [2.75, 3.05) is 56.6 Å². The van der Waals surface area contributed by atoms with E-state index in [4.69, 9.17) is 4.74 Å². The van der Waals surface area contributed by atoms with Gasteiger partial charge in [-0.25, -0.2) is 13.1 Å². The number of benzene rings is 2. The average molecular weight is 447 g/mol. The minimum absolute atomic E-state index is 0.112. The van der Waals surface area contributed by atoms with Gasteiger partial charge in [-0.2, -0.15) is 0 Å². The third-order valence-electron chi connectivity index (χ3n) is 5.29. The van der Waals surface area contributed by atoms with Crippen LogP contribution < -0.4 is 19.7 Å². The molecule has 1 saturated heterocycles. The number of sulfonamides is 1. The van der Waals surface area contributed by atoms with Gasteiger partial charge in [0.15, 0.2) is 0 Å². The highest BCUT2D eigenvalue weighted by Gasteiger charge is 2.20. The average Bonchev–Trinajstić information content (AvgIpc) is 2.79. The van der Waals surface area contributed by atoms with E-state index in [0.29, 0.717) is 25.2 Å². The van der Waals surface area contributed by atoms with E-state index in [0.717, 1.165) is 37.6 Å². The highest BCUT2D eigenvalue weighted by atomic mass is 32.2. The van der Waals surface area contributed by atoms with Crippen molar-refractivity contribution in [2.45, 2.75) is 18.2 Å². The molecule has 1 fully saturated rings. The Morgan fingerprint density at radius 3 is 2.35 bits per heavy atom. The maximum Gasteiger partial charge on any atom is 0.240 e. The molecule has 0 atom stereocenters. The molecular weight excluding hydrogens is 416 g/mol. The second kappa shape index (κ2) is 10.6. The molecule has 9 heteroatoms. The summed E-state index contributed by atoms with van der Waals surface area (Å²) in [6, 6.07) is 14.2. The summed E-state index contributed by atoms with van der Waals surface area (Å²) in [5.74, 6) is 0.753. The van der Waals surface area contributed by atoms with E-state index in [1.165, 1.54) is 12.1 Å². The van der Waals surface area contributed by atoms with Gasteiger partial charge in [0.1, 0.15) is 5.75 Å². The van der Waals surface area contributed by atoms with E-state index in [2.05, 4.69) is 25.9 Å². The number of amides is 1. The van der Waals surface area contributed by atoms with Gasteiger partial charge in [-0.1, -0.05) is 19.1 Å². The Hall–Kier alpha value is -2.62. The zero-order valence-electron chi connectivity index (χ0n) is 18.0.